The van der Waals surface area contributed by atoms with Crippen molar-refractivity contribution in [2.45, 2.75) is 26.4 Å². The van der Waals surface area contributed by atoms with Crippen LogP contribution >= 0.6 is 0 Å². The summed E-state index contributed by atoms with van der Waals surface area (Å²) in [6.45, 7) is 4.00. The molecule has 0 amide bonds. The van der Waals surface area contributed by atoms with Gasteiger partial charge in [-0.2, -0.15) is 13.2 Å². The number of hydrogen-bond donors (Lipinski definition) is 0. The lowest BCUT2D eigenvalue weighted by atomic mass is 10.0. The maximum atomic E-state index is 12.5. The highest BCUT2D eigenvalue weighted by atomic mass is 19.4. The van der Waals surface area contributed by atoms with Gasteiger partial charge in [0.1, 0.15) is 0 Å². The smallest absolute Gasteiger partial charge is 0.294 e. The number of pyridine rings is 1. The summed E-state index contributed by atoms with van der Waals surface area (Å²) in [5.74, 6) is -0.235. The van der Waals surface area contributed by atoms with Crippen molar-refractivity contribution in [3.05, 3.63) is 65.5 Å². The maximum Gasteiger partial charge on any atom is 0.416 e. The summed E-state index contributed by atoms with van der Waals surface area (Å²) in [6.07, 6.45) is -1.51. The molecule has 2 aromatic rings. The van der Waals surface area contributed by atoms with E-state index in [1.165, 1.54) is 36.7 Å². The van der Waals surface area contributed by atoms with E-state index in [2.05, 4.69) is 4.98 Å². The third-order valence-corrected chi connectivity index (χ3v) is 2.62. The summed E-state index contributed by atoms with van der Waals surface area (Å²) in [5, 5.41) is 0. The van der Waals surface area contributed by atoms with Crippen LogP contribution in [0.4, 0.5) is 13.2 Å². The first-order chi connectivity index (χ1) is 9.97. The van der Waals surface area contributed by atoms with Gasteiger partial charge in [0.15, 0.2) is 5.78 Å². The zero-order valence-electron chi connectivity index (χ0n) is 11.8. The summed E-state index contributed by atoms with van der Waals surface area (Å²) in [6, 6.07) is 7.87. The number of alkyl halides is 3. The van der Waals surface area contributed by atoms with E-state index in [0.717, 1.165) is 12.1 Å². The second-order valence-electron chi connectivity index (χ2n) is 4.03. The summed E-state index contributed by atoms with van der Waals surface area (Å²) in [5.41, 5.74) is 0.0385. The predicted molar refractivity (Wildman–Crippen MR) is 75.1 cm³/mol. The number of halogens is 3. The lowest BCUT2D eigenvalue weighted by molar-refractivity contribution is -0.137. The number of rotatable bonds is 3. The summed E-state index contributed by atoms with van der Waals surface area (Å²) >= 11 is 0. The van der Waals surface area contributed by atoms with Gasteiger partial charge < -0.3 is 0 Å². The highest BCUT2D eigenvalue weighted by Crippen LogP contribution is 2.29. The predicted octanol–water partition coefficient (Wildman–Crippen LogP) is 4.55. The molecule has 0 unspecified atom stereocenters. The molecule has 0 aliphatic carbocycles. The Kier molecular flexibility index (Phi) is 6.09. The van der Waals surface area contributed by atoms with Crippen LogP contribution in [0.5, 0.6) is 0 Å². The average Bonchev–Trinajstić information content (AvgIpc) is 2.49. The van der Waals surface area contributed by atoms with Gasteiger partial charge in [0.05, 0.1) is 5.56 Å². The van der Waals surface area contributed by atoms with E-state index in [1.54, 1.807) is 0 Å². The topological polar surface area (TPSA) is 30.0 Å². The molecule has 1 aromatic heterocycles. The molecule has 0 spiro atoms. The number of benzene rings is 1. The molecule has 2 rings (SSSR count). The van der Waals surface area contributed by atoms with Crippen LogP contribution < -0.4 is 0 Å². The fourth-order valence-electron chi connectivity index (χ4n) is 1.68. The van der Waals surface area contributed by atoms with Gasteiger partial charge in [0, 0.05) is 24.4 Å². The Morgan fingerprint density at radius 3 is 2.29 bits per heavy atom. The first kappa shape index (κ1) is 16.9. The number of carbonyl (C=O) groups excluding carboxylic acids is 1. The second kappa shape index (κ2) is 7.57. The number of Topliss-reactive ketones (excluding diaryl/α,β-unsaturated/α-hetero) is 1. The van der Waals surface area contributed by atoms with Crippen molar-refractivity contribution >= 4 is 5.78 Å². The average molecular weight is 295 g/mol. The van der Waals surface area contributed by atoms with Crippen LogP contribution in [0.3, 0.4) is 0 Å². The van der Waals surface area contributed by atoms with Gasteiger partial charge in [-0.3, -0.25) is 9.78 Å². The Morgan fingerprint density at radius 2 is 1.71 bits per heavy atom. The molecule has 1 aromatic carbocycles. The first-order valence-corrected chi connectivity index (χ1v) is 6.56. The molecule has 0 fully saturated rings. The van der Waals surface area contributed by atoms with Gasteiger partial charge in [-0.25, -0.2) is 0 Å². The van der Waals surface area contributed by atoms with E-state index in [-0.39, 0.29) is 12.2 Å². The molecule has 5 heteroatoms. The summed E-state index contributed by atoms with van der Waals surface area (Å²) < 4.78 is 37.6. The molecule has 0 aliphatic heterocycles. The van der Waals surface area contributed by atoms with Gasteiger partial charge in [-0.15, -0.1) is 0 Å². The van der Waals surface area contributed by atoms with Gasteiger partial charge in [-0.05, 0) is 23.8 Å². The van der Waals surface area contributed by atoms with Gasteiger partial charge in [0.2, 0.25) is 0 Å². The maximum absolute atomic E-state index is 12.5. The van der Waals surface area contributed by atoms with Crippen molar-refractivity contribution in [3.8, 4) is 0 Å². The highest BCUT2D eigenvalue weighted by molar-refractivity contribution is 5.97. The quantitative estimate of drug-likeness (QED) is 0.777. The molecular formula is C16H16F3NO. The molecule has 0 N–H and O–H groups in total. The van der Waals surface area contributed by atoms with Gasteiger partial charge in [-0.1, -0.05) is 32.0 Å². The Bertz CT molecular complexity index is 580. The lowest BCUT2D eigenvalue weighted by Crippen LogP contribution is -2.08. The van der Waals surface area contributed by atoms with Crippen LogP contribution in [0.1, 0.15) is 35.3 Å². The molecule has 0 aliphatic rings. The van der Waals surface area contributed by atoms with Crippen LogP contribution in [0.2, 0.25) is 0 Å². The molecular weight excluding hydrogens is 279 g/mol. The molecule has 2 nitrogen and oxygen atoms in total. The van der Waals surface area contributed by atoms with Crippen LogP contribution in [-0.4, -0.2) is 10.8 Å². The fourth-order valence-corrected chi connectivity index (χ4v) is 1.68. The molecule has 0 saturated heterocycles. The minimum Gasteiger partial charge on any atom is -0.294 e. The minimum atomic E-state index is -4.39. The van der Waals surface area contributed by atoms with E-state index in [4.69, 9.17) is 0 Å². The minimum absolute atomic E-state index is 0.0616. The number of aromatic nitrogens is 1. The Labute approximate surface area is 121 Å². The molecule has 21 heavy (non-hydrogen) atoms. The molecule has 0 atom stereocenters. The SMILES string of the molecule is CC.O=C(Cc1cccc(C(F)(F)F)c1)c1ccncc1. The largest absolute Gasteiger partial charge is 0.416 e. The van der Waals surface area contributed by atoms with E-state index >= 15 is 0 Å². The summed E-state index contributed by atoms with van der Waals surface area (Å²) in [7, 11) is 0. The van der Waals surface area contributed by atoms with Crippen molar-refractivity contribution in [2.75, 3.05) is 0 Å². The van der Waals surface area contributed by atoms with Crippen LogP contribution in [-0.2, 0) is 12.6 Å². The zero-order chi connectivity index (χ0) is 15.9. The number of nitrogens with zero attached hydrogens (tertiary/aromatic N) is 1. The van der Waals surface area contributed by atoms with Crippen molar-refractivity contribution in [1.29, 1.82) is 0 Å². The molecule has 0 saturated carbocycles. The summed E-state index contributed by atoms with van der Waals surface area (Å²) in [4.78, 5) is 15.6. The number of carbonyl (C=O) groups is 1. The van der Waals surface area contributed by atoms with Crippen LogP contribution in [0.15, 0.2) is 48.8 Å². The Balaban J connectivity index is 0.00000106. The Morgan fingerprint density at radius 1 is 1.10 bits per heavy atom. The van der Waals surface area contributed by atoms with E-state index < -0.39 is 11.7 Å². The Hall–Kier alpha value is -2.17. The van der Waals surface area contributed by atoms with E-state index in [0.29, 0.717) is 11.1 Å². The number of ketones is 1. The van der Waals surface area contributed by atoms with Crippen molar-refractivity contribution in [3.63, 3.8) is 0 Å². The van der Waals surface area contributed by atoms with Gasteiger partial charge in [0.25, 0.3) is 0 Å². The first-order valence-electron chi connectivity index (χ1n) is 6.56. The third kappa shape index (κ3) is 5.02. The fraction of sp³-hybridized carbons (Fsp3) is 0.250. The van der Waals surface area contributed by atoms with Crippen molar-refractivity contribution in [2.24, 2.45) is 0 Å². The van der Waals surface area contributed by atoms with Crippen LogP contribution in [0, 0.1) is 0 Å². The monoisotopic (exact) mass is 295 g/mol. The molecule has 112 valence electrons. The third-order valence-electron chi connectivity index (χ3n) is 2.62. The lowest BCUT2D eigenvalue weighted by Gasteiger charge is -2.08. The van der Waals surface area contributed by atoms with Crippen molar-refractivity contribution < 1.29 is 18.0 Å². The van der Waals surface area contributed by atoms with Crippen molar-refractivity contribution in [1.82, 2.24) is 4.98 Å². The zero-order valence-corrected chi connectivity index (χ0v) is 11.8. The molecule has 0 radical (unpaired) electrons. The molecule has 0 bridgehead atoms. The normalized spacial score (nSPS) is 10.5. The van der Waals surface area contributed by atoms with E-state index in [9.17, 15) is 18.0 Å². The standard InChI is InChI=1S/C14H10F3NO.C2H6/c15-14(16,17)12-3-1-2-10(8-12)9-13(19)11-4-6-18-7-5-11;1-2/h1-8H,9H2;1-2H3. The van der Waals surface area contributed by atoms with Gasteiger partial charge >= 0.3 is 6.18 Å². The molecule has 1 heterocycles. The van der Waals surface area contributed by atoms with Crippen LogP contribution in [0.25, 0.3) is 0 Å². The number of hydrogen-bond acceptors (Lipinski definition) is 2. The van der Waals surface area contributed by atoms with E-state index in [1.807, 2.05) is 13.8 Å². The highest BCUT2D eigenvalue weighted by Gasteiger charge is 2.30. The second-order valence-corrected chi connectivity index (χ2v) is 4.03.